The number of ether oxygens (including phenoxy) is 1. The maximum absolute atomic E-state index is 13.0. The first-order chi connectivity index (χ1) is 9.70. The zero-order valence-electron chi connectivity index (χ0n) is 11.7. The summed E-state index contributed by atoms with van der Waals surface area (Å²) in [6.07, 6.45) is -1.97. The number of anilines is 1. The van der Waals surface area contributed by atoms with Crippen molar-refractivity contribution in [3.8, 4) is 0 Å². The number of nitrogens with one attached hydrogen (secondary N) is 1. The second-order valence-electron chi connectivity index (χ2n) is 4.16. The molecule has 4 nitrogen and oxygen atoms in total. The van der Waals surface area contributed by atoms with Crippen LogP contribution in [0.3, 0.4) is 0 Å². The van der Waals surface area contributed by atoms with Gasteiger partial charge in [0.1, 0.15) is 0 Å². The van der Waals surface area contributed by atoms with E-state index in [1.54, 1.807) is 6.92 Å². The fourth-order valence-corrected chi connectivity index (χ4v) is 1.75. The van der Waals surface area contributed by atoms with Crippen LogP contribution in [0.15, 0.2) is 18.2 Å². The largest absolute Gasteiger partial charge is 0.465 e. The molecule has 7 heteroatoms. The summed E-state index contributed by atoms with van der Waals surface area (Å²) in [6.45, 7) is 2.69. The Morgan fingerprint density at radius 2 is 1.90 bits per heavy atom. The van der Waals surface area contributed by atoms with Crippen LogP contribution < -0.4 is 5.32 Å². The number of alkyl halides is 3. The van der Waals surface area contributed by atoms with Gasteiger partial charge in [0.05, 0.1) is 23.9 Å². The zero-order valence-corrected chi connectivity index (χ0v) is 11.7. The smallest absolute Gasteiger partial charge is 0.417 e. The van der Waals surface area contributed by atoms with Gasteiger partial charge in [0, 0.05) is 6.92 Å². The quantitative estimate of drug-likeness (QED) is 0.870. The number of carbonyl (C=O) groups excluding carboxylic acids is 2. The third kappa shape index (κ3) is 4.08. The van der Waals surface area contributed by atoms with Gasteiger partial charge in [-0.2, -0.15) is 13.2 Å². The molecule has 0 radical (unpaired) electrons. The highest BCUT2D eigenvalue weighted by Gasteiger charge is 2.34. The highest BCUT2D eigenvalue weighted by molar-refractivity contribution is 6.01. The molecule has 1 amide bonds. The second kappa shape index (κ2) is 6.43. The molecule has 0 aliphatic rings. The molecule has 0 unspecified atom stereocenters. The summed E-state index contributed by atoms with van der Waals surface area (Å²) in [5, 5.41) is 2.21. The Morgan fingerprint density at radius 3 is 2.33 bits per heavy atom. The molecule has 0 heterocycles. The maximum atomic E-state index is 13.0. The molecule has 0 atom stereocenters. The standard InChI is InChI=1S/C14H14F3NO3/c1-4-5-9-6-10(13(20)21-3)12(18-8(2)19)7-11(9)14(15,16)17/h4-7H,1-3H3,(H,18,19). The first kappa shape index (κ1) is 16.7. The van der Waals surface area contributed by atoms with Crippen LogP contribution in [0.2, 0.25) is 0 Å². The van der Waals surface area contributed by atoms with Crippen LogP contribution in [0.1, 0.15) is 35.3 Å². The van der Waals surface area contributed by atoms with Crippen LogP contribution in [0.25, 0.3) is 6.08 Å². The Labute approximate surface area is 119 Å². The van der Waals surface area contributed by atoms with Crippen molar-refractivity contribution >= 4 is 23.6 Å². The minimum absolute atomic E-state index is 0.145. The second-order valence-corrected chi connectivity index (χ2v) is 4.16. The lowest BCUT2D eigenvalue weighted by molar-refractivity contribution is -0.137. The van der Waals surface area contributed by atoms with Gasteiger partial charge in [-0.15, -0.1) is 0 Å². The van der Waals surface area contributed by atoms with E-state index in [9.17, 15) is 22.8 Å². The number of carbonyl (C=O) groups is 2. The highest BCUT2D eigenvalue weighted by Crippen LogP contribution is 2.36. The van der Waals surface area contributed by atoms with Gasteiger partial charge in [0.15, 0.2) is 0 Å². The number of hydrogen-bond acceptors (Lipinski definition) is 3. The molecule has 0 aromatic heterocycles. The van der Waals surface area contributed by atoms with Crippen LogP contribution in [0.4, 0.5) is 18.9 Å². The number of amides is 1. The maximum Gasteiger partial charge on any atom is 0.417 e. The topological polar surface area (TPSA) is 55.4 Å². The van der Waals surface area contributed by atoms with Gasteiger partial charge in [-0.1, -0.05) is 12.2 Å². The molecule has 0 saturated carbocycles. The lowest BCUT2D eigenvalue weighted by atomic mass is 10.0. The normalized spacial score (nSPS) is 11.5. The van der Waals surface area contributed by atoms with E-state index in [4.69, 9.17) is 0 Å². The van der Waals surface area contributed by atoms with E-state index in [1.807, 2.05) is 0 Å². The third-order valence-electron chi connectivity index (χ3n) is 2.56. The number of hydrogen-bond donors (Lipinski definition) is 1. The van der Waals surface area contributed by atoms with E-state index in [0.717, 1.165) is 26.2 Å². The van der Waals surface area contributed by atoms with Gasteiger partial charge >= 0.3 is 12.1 Å². The van der Waals surface area contributed by atoms with E-state index in [-0.39, 0.29) is 16.8 Å². The third-order valence-corrected chi connectivity index (χ3v) is 2.56. The molecule has 0 aliphatic carbocycles. The summed E-state index contributed by atoms with van der Waals surface area (Å²) in [5.74, 6) is -1.43. The number of esters is 1. The van der Waals surface area contributed by atoms with Crippen molar-refractivity contribution in [2.24, 2.45) is 0 Å². The zero-order chi connectivity index (χ0) is 16.2. The van der Waals surface area contributed by atoms with Crippen LogP contribution in [0, 0.1) is 0 Å². The lowest BCUT2D eigenvalue weighted by Crippen LogP contribution is -2.16. The van der Waals surface area contributed by atoms with Gasteiger partial charge < -0.3 is 10.1 Å². The molecule has 114 valence electrons. The monoisotopic (exact) mass is 301 g/mol. The van der Waals surface area contributed by atoms with Crippen LogP contribution >= 0.6 is 0 Å². The van der Waals surface area contributed by atoms with Gasteiger partial charge in [0.2, 0.25) is 5.91 Å². The SMILES string of the molecule is CC=Cc1cc(C(=O)OC)c(NC(C)=O)cc1C(F)(F)F. The van der Waals surface area contributed by atoms with Gasteiger partial charge in [-0.3, -0.25) is 4.79 Å². The number of allylic oxidation sites excluding steroid dienone is 1. The van der Waals surface area contributed by atoms with Crippen molar-refractivity contribution in [3.05, 3.63) is 34.9 Å². The molecule has 0 spiro atoms. The van der Waals surface area contributed by atoms with Crippen molar-refractivity contribution in [1.82, 2.24) is 0 Å². The first-order valence-electron chi connectivity index (χ1n) is 5.94. The molecular formula is C14H14F3NO3. The Bertz CT molecular complexity index is 592. The summed E-state index contributed by atoms with van der Waals surface area (Å²) in [6, 6.07) is 1.77. The van der Waals surface area contributed by atoms with E-state index >= 15 is 0 Å². The summed E-state index contributed by atoms with van der Waals surface area (Å²) in [7, 11) is 1.10. The Kier molecular flexibility index (Phi) is 5.12. The lowest BCUT2D eigenvalue weighted by Gasteiger charge is -2.16. The van der Waals surface area contributed by atoms with Gasteiger partial charge in [-0.25, -0.2) is 4.79 Å². The molecule has 21 heavy (non-hydrogen) atoms. The fourth-order valence-electron chi connectivity index (χ4n) is 1.75. The van der Waals surface area contributed by atoms with Crippen molar-refractivity contribution in [2.75, 3.05) is 12.4 Å². The summed E-state index contributed by atoms with van der Waals surface area (Å²) >= 11 is 0. The van der Waals surface area contributed by atoms with Gasteiger partial charge in [0.25, 0.3) is 0 Å². The molecule has 0 aliphatic heterocycles. The Hall–Kier alpha value is -2.31. The summed E-state index contributed by atoms with van der Waals surface area (Å²) in [5.41, 5.74) is -1.51. The molecule has 1 N–H and O–H groups in total. The number of halogens is 3. The Morgan fingerprint density at radius 1 is 1.29 bits per heavy atom. The van der Waals surface area contributed by atoms with Gasteiger partial charge in [-0.05, 0) is 24.6 Å². The van der Waals surface area contributed by atoms with E-state index in [2.05, 4.69) is 10.1 Å². The number of benzene rings is 1. The minimum Gasteiger partial charge on any atom is -0.465 e. The van der Waals surface area contributed by atoms with Crippen LogP contribution in [-0.2, 0) is 15.7 Å². The molecule has 0 fully saturated rings. The van der Waals surface area contributed by atoms with E-state index in [1.165, 1.54) is 12.2 Å². The predicted octanol–water partition coefficient (Wildman–Crippen LogP) is 3.48. The molecule has 1 aromatic rings. The molecule has 0 bridgehead atoms. The molecule has 1 rings (SSSR count). The summed E-state index contributed by atoms with van der Waals surface area (Å²) < 4.78 is 43.6. The number of methoxy groups -OCH3 is 1. The van der Waals surface area contributed by atoms with Crippen molar-refractivity contribution in [2.45, 2.75) is 20.0 Å². The van der Waals surface area contributed by atoms with Crippen molar-refractivity contribution in [1.29, 1.82) is 0 Å². The van der Waals surface area contributed by atoms with Crippen LogP contribution in [-0.4, -0.2) is 19.0 Å². The summed E-state index contributed by atoms with van der Waals surface area (Å²) in [4.78, 5) is 22.7. The van der Waals surface area contributed by atoms with Crippen molar-refractivity contribution in [3.63, 3.8) is 0 Å². The van der Waals surface area contributed by atoms with E-state index < -0.39 is 23.6 Å². The minimum atomic E-state index is -4.61. The average Bonchev–Trinajstić information content (AvgIpc) is 2.37. The van der Waals surface area contributed by atoms with E-state index in [0.29, 0.717) is 0 Å². The number of rotatable bonds is 3. The predicted molar refractivity (Wildman–Crippen MR) is 71.8 cm³/mol. The van der Waals surface area contributed by atoms with Crippen LogP contribution in [0.5, 0.6) is 0 Å². The fraction of sp³-hybridized carbons (Fsp3) is 0.286. The molecule has 1 aromatic carbocycles. The molecule has 0 saturated heterocycles. The van der Waals surface area contributed by atoms with Crippen molar-refractivity contribution < 1.29 is 27.5 Å². The highest BCUT2D eigenvalue weighted by atomic mass is 19.4. The molecular weight excluding hydrogens is 287 g/mol. The first-order valence-corrected chi connectivity index (χ1v) is 5.94. The average molecular weight is 301 g/mol. The Balaban J connectivity index is 3.60.